The number of nitrogens with one attached hydrogen (secondary N) is 1. The highest BCUT2D eigenvalue weighted by Crippen LogP contribution is 2.33. The lowest BCUT2D eigenvalue weighted by Crippen LogP contribution is -2.38. The number of methoxy groups -OCH3 is 1. The van der Waals surface area contributed by atoms with Crippen LogP contribution in [-0.2, 0) is 6.42 Å². The molecule has 2 aromatic carbocycles. The van der Waals surface area contributed by atoms with Crippen LogP contribution in [0.15, 0.2) is 90.0 Å². The van der Waals surface area contributed by atoms with E-state index in [2.05, 4.69) is 4.98 Å². The van der Waals surface area contributed by atoms with Gasteiger partial charge < -0.3 is 14.6 Å². The van der Waals surface area contributed by atoms with Gasteiger partial charge >= 0.3 is 0 Å². The third kappa shape index (κ3) is 3.92. The van der Waals surface area contributed by atoms with Gasteiger partial charge in [0.05, 0.1) is 18.5 Å². The molecular weight excluding hydrogens is 466 g/mol. The summed E-state index contributed by atoms with van der Waals surface area (Å²) in [7, 11) is 1.62. The SMILES string of the molecule is COc1ccc(-n2nc(-c3cc(C)c[nH]3)c3c2C(=O)N(c2ccc(-n4ccccc4=O)cc2)CC3)cc1. The molecule has 0 bridgehead atoms. The van der Waals surface area contributed by atoms with Gasteiger partial charge in [-0.1, -0.05) is 6.07 Å². The lowest BCUT2D eigenvalue weighted by Gasteiger charge is -2.28. The highest BCUT2D eigenvalue weighted by atomic mass is 16.5. The molecule has 0 aliphatic carbocycles. The summed E-state index contributed by atoms with van der Waals surface area (Å²) in [6.07, 6.45) is 4.32. The highest BCUT2D eigenvalue weighted by molar-refractivity contribution is 6.08. The maximum Gasteiger partial charge on any atom is 0.277 e. The molecule has 0 unspecified atom stereocenters. The molecule has 0 fully saturated rings. The Morgan fingerprint density at radius 3 is 2.32 bits per heavy atom. The number of fused-ring (bicyclic) bond motifs is 1. The van der Waals surface area contributed by atoms with E-state index >= 15 is 0 Å². The number of rotatable bonds is 5. The Labute approximate surface area is 213 Å². The lowest BCUT2D eigenvalue weighted by molar-refractivity contribution is 0.0973. The van der Waals surface area contributed by atoms with Crippen LogP contribution in [0.3, 0.4) is 0 Å². The number of carbonyl (C=O) groups is 1. The van der Waals surface area contributed by atoms with Gasteiger partial charge in [-0.2, -0.15) is 5.10 Å². The smallest absolute Gasteiger partial charge is 0.277 e. The summed E-state index contributed by atoms with van der Waals surface area (Å²) in [5.41, 5.74) is 6.42. The number of aromatic nitrogens is 4. The van der Waals surface area contributed by atoms with Crippen LogP contribution in [0.1, 0.15) is 21.6 Å². The molecule has 5 aromatic rings. The van der Waals surface area contributed by atoms with Gasteiger partial charge in [0.1, 0.15) is 17.1 Å². The van der Waals surface area contributed by atoms with Gasteiger partial charge in [-0.25, -0.2) is 4.68 Å². The van der Waals surface area contributed by atoms with Gasteiger partial charge in [-0.3, -0.25) is 14.2 Å². The molecule has 3 aromatic heterocycles. The molecule has 6 rings (SSSR count). The Morgan fingerprint density at radius 2 is 1.65 bits per heavy atom. The van der Waals surface area contributed by atoms with Crippen LogP contribution < -0.4 is 15.2 Å². The number of hydrogen-bond donors (Lipinski definition) is 1. The van der Waals surface area contributed by atoms with Crippen LogP contribution in [0.2, 0.25) is 0 Å². The minimum absolute atomic E-state index is 0.107. The first-order valence-electron chi connectivity index (χ1n) is 12.0. The second-order valence-electron chi connectivity index (χ2n) is 9.01. The zero-order chi connectivity index (χ0) is 25.5. The summed E-state index contributed by atoms with van der Waals surface area (Å²) in [4.78, 5) is 31.2. The average Bonchev–Trinajstić information content (AvgIpc) is 3.53. The van der Waals surface area contributed by atoms with Crippen molar-refractivity contribution in [3.05, 3.63) is 112 Å². The number of H-pyrrole nitrogens is 1. The largest absolute Gasteiger partial charge is 0.497 e. The molecule has 8 nitrogen and oxygen atoms in total. The van der Waals surface area contributed by atoms with Crippen LogP contribution >= 0.6 is 0 Å². The minimum Gasteiger partial charge on any atom is -0.497 e. The lowest BCUT2D eigenvalue weighted by atomic mass is 10.0. The summed E-state index contributed by atoms with van der Waals surface area (Å²) < 4.78 is 8.61. The predicted molar refractivity (Wildman–Crippen MR) is 142 cm³/mol. The monoisotopic (exact) mass is 491 g/mol. The molecule has 0 saturated carbocycles. The van der Waals surface area contributed by atoms with Gasteiger partial charge in [0.2, 0.25) is 0 Å². The molecule has 1 aliphatic heterocycles. The molecule has 37 heavy (non-hydrogen) atoms. The number of nitrogens with zero attached hydrogens (tertiary/aromatic N) is 4. The first kappa shape index (κ1) is 22.6. The molecule has 184 valence electrons. The Kier molecular flexibility index (Phi) is 5.49. The Morgan fingerprint density at radius 1 is 0.919 bits per heavy atom. The standard InChI is InChI=1S/C29H25N5O3/c1-19-17-25(30-18-19)27-24-14-16-33(21-8-6-20(7-9-21)32-15-4-3-5-26(32)35)29(36)28(24)34(31-27)22-10-12-23(37-2)13-11-22/h3-13,15,17-18,30H,14,16H2,1-2H3. The first-order chi connectivity index (χ1) is 18.0. The summed E-state index contributed by atoms with van der Waals surface area (Å²) in [5.74, 6) is 0.610. The summed E-state index contributed by atoms with van der Waals surface area (Å²) >= 11 is 0. The normalized spacial score (nSPS) is 13.0. The summed E-state index contributed by atoms with van der Waals surface area (Å²) in [5, 5.41) is 4.90. The van der Waals surface area contributed by atoms with E-state index in [1.165, 1.54) is 6.07 Å². The van der Waals surface area contributed by atoms with E-state index < -0.39 is 0 Å². The second kappa shape index (κ2) is 8.98. The summed E-state index contributed by atoms with van der Waals surface area (Å²) in [6.45, 7) is 2.55. The fraction of sp³-hybridized carbons (Fsp3) is 0.138. The first-order valence-corrected chi connectivity index (χ1v) is 12.0. The number of benzene rings is 2. The van der Waals surface area contributed by atoms with E-state index in [1.54, 1.807) is 33.5 Å². The fourth-order valence-electron chi connectivity index (χ4n) is 4.81. The number of amides is 1. The van der Waals surface area contributed by atoms with Gasteiger partial charge in [-0.05, 0) is 79.6 Å². The van der Waals surface area contributed by atoms with Crippen LogP contribution in [0.5, 0.6) is 5.75 Å². The minimum atomic E-state index is -0.122. The van der Waals surface area contributed by atoms with Crippen molar-refractivity contribution in [2.45, 2.75) is 13.3 Å². The number of aromatic amines is 1. The van der Waals surface area contributed by atoms with Crippen LogP contribution in [-0.4, -0.2) is 38.9 Å². The third-order valence-electron chi connectivity index (χ3n) is 6.68. The molecule has 1 amide bonds. The van der Waals surface area contributed by atoms with E-state index in [9.17, 15) is 9.59 Å². The zero-order valence-electron chi connectivity index (χ0n) is 20.5. The molecule has 0 spiro atoms. The van der Waals surface area contributed by atoms with Crippen LogP contribution in [0.4, 0.5) is 5.69 Å². The Bertz CT molecular complexity index is 1660. The van der Waals surface area contributed by atoms with E-state index in [0.717, 1.165) is 45.3 Å². The van der Waals surface area contributed by atoms with Gasteiger partial charge in [-0.15, -0.1) is 0 Å². The molecule has 0 atom stereocenters. The van der Waals surface area contributed by atoms with Crippen molar-refractivity contribution < 1.29 is 9.53 Å². The molecular formula is C29H25N5O3. The van der Waals surface area contributed by atoms with E-state index in [4.69, 9.17) is 9.84 Å². The Hall–Kier alpha value is -4.85. The highest BCUT2D eigenvalue weighted by Gasteiger charge is 2.34. The van der Waals surface area contributed by atoms with Crippen molar-refractivity contribution in [3.8, 4) is 28.5 Å². The van der Waals surface area contributed by atoms with E-state index in [-0.39, 0.29) is 11.5 Å². The quantitative estimate of drug-likeness (QED) is 0.391. The number of aryl methyl sites for hydroxylation is 1. The third-order valence-corrected chi connectivity index (χ3v) is 6.68. The number of pyridine rings is 1. The van der Waals surface area contributed by atoms with Crippen molar-refractivity contribution in [1.29, 1.82) is 0 Å². The van der Waals surface area contributed by atoms with Gasteiger partial charge in [0.15, 0.2) is 0 Å². The number of hydrogen-bond acceptors (Lipinski definition) is 4. The van der Waals surface area contributed by atoms with Crippen molar-refractivity contribution in [2.24, 2.45) is 0 Å². The fourth-order valence-corrected chi connectivity index (χ4v) is 4.81. The van der Waals surface area contributed by atoms with Crippen molar-refractivity contribution >= 4 is 11.6 Å². The maximum atomic E-state index is 14.0. The van der Waals surface area contributed by atoms with Crippen LogP contribution in [0, 0.1) is 6.92 Å². The van der Waals surface area contributed by atoms with E-state index in [1.807, 2.05) is 73.8 Å². The zero-order valence-corrected chi connectivity index (χ0v) is 20.5. The van der Waals surface area contributed by atoms with Crippen molar-refractivity contribution in [2.75, 3.05) is 18.6 Å². The molecule has 4 heterocycles. The van der Waals surface area contributed by atoms with E-state index in [0.29, 0.717) is 18.7 Å². The number of carbonyl (C=O) groups excluding carboxylic acids is 1. The molecule has 1 N–H and O–H groups in total. The van der Waals surface area contributed by atoms with Crippen molar-refractivity contribution in [3.63, 3.8) is 0 Å². The van der Waals surface area contributed by atoms with Crippen LogP contribution in [0.25, 0.3) is 22.8 Å². The topological polar surface area (TPSA) is 85.2 Å². The summed E-state index contributed by atoms with van der Waals surface area (Å²) in [6, 6.07) is 22.1. The number of anilines is 1. The molecule has 0 saturated heterocycles. The average molecular weight is 492 g/mol. The van der Waals surface area contributed by atoms with Gasteiger partial charge in [0.25, 0.3) is 11.5 Å². The molecule has 1 aliphatic rings. The Balaban J connectivity index is 1.41. The second-order valence-corrected chi connectivity index (χ2v) is 9.01. The number of ether oxygens (including phenoxy) is 1. The predicted octanol–water partition coefficient (Wildman–Crippen LogP) is 4.54. The maximum absolute atomic E-state index is 14.0. The molecule has 8 heteroatoms. The molecule has 0 radical (unpaired) electrons. The van der Waals surface area contributed by atoms with Crippen molar-refractivity contribution in [1.82, 2.24) is 19.3 Å². The van der Waals surface area contributed by atoms with Gasteiger partial charge in [0, 0.05) is 41.9 Å².